The van der Waals surface area contributed by atoms with Gasteiger partial charge in [-0.05, 0) is 58.0 Å². The van der Waals surface area contributed by atoms with Gasteiger partial charge in [-0.2, -0.15) is 5.10 Å². The van der Waals surface area contributed by atoms with E-state index in [1.165, 1.54) is 5.69 Å². The molecule has 1 amide bonds. The third-order valence-corrected chi connectivity index (χ3v) is 5.35. The second-order valence-electron chi connectivity index (χ2n) is 7.80. The number of nitrogens with one attached hydrogen (secondary N) is 1. The first kappa shape index (κ1) is 20.5. The molecule has 4 rings (SSSR count). The second-order valence-corrected chi connectivity index (χ2v) is 7.80. The molecule has 6 nitrogen and oxygen atoms in total. The maximum absolute atomic E-state index is 13.0. The van der Waals surface area contributed by atoms with E-state index in [0.29, 0.717) is 11.6 Å². The molecule has 3 heterocycles. The van der Waals surface area contributed by atoms with Gasteiger partial charge in [-0.15, -0.1) is 0 Å². The summed E-state index contributed by atoms with van der Waals surface area (Å²) in [5, 5.41) is 5.02. The number of amides is 1. The van der Waals surface area contributed by atoms with Gasteiger partial charge >= 0.3 is 0 Å². The molecule has 0 unspecified atom stereocenters. The van der Waals surface area contributed by atoms with Crippen molar-refractivity contribution in [3.05, 3.63) is 83.4 Å². The van der Waals surface area contributed by atoms with Crippen LogP contribution in [0.5, 0.6) is 0 Å². The van der Waals surface area contributed by atoms with Crippen molar-refractivity contribution in [2.24, 2.45) is 5.10 Å². The number of pyridine rings is 2. The molecule has 4 aromatic rings. The third-order valence-electron chi connectivity index (χ3n) is 5.35. The van der Waals surface area contributed by atoms with E-state index < -0.39 is 0 Å². The molecular weight excluding hydrogens is 386 g/mol. The number of hydrazone groups is 1. The molecule has 31 heavy (non-hydrogen) atoms. The highest BCUT2D eigenvalue weighted by atomic mass is 16.2. The summed E-state index contributed by atoms with van der Waals surface area (Å²) in [5.41, 5.74) is 8.87. The van der Waals surface area contributed by atoms with Gasteiger partial charge in [0.05, 0.1) is 23.0 Å². The van der Waals surface area contributed by atoms with Crippen molar-refractivity contribution in [3.63, 3.8) is 0 Å². The first-order valence-corrected chi connectivity index (χ1v) is 10.3. The number of benzene rings is 1. The van der Waals surface area contributed by atoms with Crippen LogP contribution in [-0.4, -0.2) is 26.7 Å². The predicted octanol–water partition coefficient (Wildman–Crippen LogP) is 5.06. The number of carbonyl (C=O) groups is 1. The molecule has 0 saturated carbocycles. The zero-order chi connectivity index (χ0) is 22.0. The Morgan fingerprint density at radius 2 is 1.84 bits per heavy atom. The average molecular weight is 412 g/mol. The lowest BCUT2D eigenvalue weighted by atomic mass is 10.0. The van der Waals surface area contributed by atoms with E-state index in [0.717, 1.165) is 33.4 Å². The van der Waals surface area contributed by atoms with Gasteiger partial charge in [-0.3, -0.25) is 9.78 Å². The Labute approximate surface area is 181 Å². The lowest BCUT2D eigenvalue weighted by Gasteiger charge is -2.13. The van der Waals surface area contributed by atoms with Gasteiger partial charge in [-0.25, -0.2) is 10.4 Å². The topological polar surface area (TPSA) is 72.2 Å². The lowest BCUT2D eigenvalue weighted by Crippen LogP contribution is -2.18. The standard InChI is InChI=1S/C25H25N5O/c1-16(2)30-17(3)13-20(18(30)4)15-27-29-25(31)22-14-24(19-9-11-26-12-10-19)28-23-8-6-5-7-21(22)23/h5-16H,1-4H3,(H,29,31)/b27-15-. The van der Waals surface area contributed by atoms with Gasteiger partial charge in [0.1, 0.15) is 0 Å². The van der Waals surface area contributed by atoms with Crippen molar-refractivity contribution in [2.75, 3.05) is 0 Å². The Bertz CT molecular complexity index is 1270. The highest BCUT2D eigenvalue weighted by Crippen LogP contribution is 2.24. The first-order valence-electron chi connectivity index (χ1n) is 10.3. The van der Waals surface area contributed by atoms with Crippen LogP contribution in [0, 0.1) is 13.8 Å². The quantitative estimate of drug-likeness (QED) is 0.368. The first-order chi connectivity index (χ1) is 15.0. The van der Waals surface area contributed by atoms with E-state index in [2.05, 4.69) is 53.8 Å². The van der Waals surface area contributed by atoms with Gasteiger partial charge in [0, 0.05) is 46.3 Å². The van der Waals surface area contributed by atoms with Crippen molar-refractivity contribution in [3.8, 4) is 11.3 Å². The number of para-hydroxylation sites is 1. The fourth-order valence-corrected chi connectivity index (χ4v) is 3.98. The number of hydrogen-bond donors (Lipinski definition) is 1. The fraction of sp³-hybridized carbons (Fsp3) is 0.200. The number of rotatable bonds is 5. The summed E-state index contributed by atoms with van der Waals surface area (Å²) < 4.78 is 2.25. The van der Waals surface area contributed by atoms with Crippen LogP contribution in [-0.2, 0) is 0 Å². The molecule has 0 aliphatic heterocycles. The van der Waals surface area contributed by atoms with Crippen LogP contribution in [0.25, 0.3) is 22.2 Å². The summed E-state index contributed by atoms with van der Waals surface area (Å²) in [4.78, 5) is 21.8. The molecule has 3 aromatic heterocycles. The largest absolute Gasteiger partial charge is 0.346 e. The number of aromatic nitrogens is 3. The SMILES string of the molecule is Cc1cc(/C=N\NC(=O)c2cc(-c3ccncc3)nc3ccccc23)c(C)n1C(C)C. The third kappa shape index (κ3) is 4.10. The van der Waals surface area contributed by atoms with Crippen molar-refractivity contribution in [1.82, 2.24) is 20.0 Å². The summed E-state index contributed by atoms with van der Waals surface area (Å²) >= 11 is 0. The smallest absolute Gasteiger partial charge is 0.272 e. The molecule has 1 aromatic carbocycles. The number of nitrogens with zero attached hydrogens (tertiary/aromatic N) is 4. The Kier molecular flexibility index (Phi) is 5.62. The minimum atomic E-state index is -0.275. The maximum Gasteiger partial charge on any atom is 0.272 e. The van der Waals surface area contributed by atoms with E-state index in [9.17, 15) is 4.79 Å². The van der Waals surface area contributed by atoms with Gasteiger partial charge in [-0.1, -0.05) is 18.2 Å². The minimum absolute atomic E-state index is 0.275. The van der Waals surface area contributed by atoms with Crippen LogP contribution in [0.2, 0.25) is 0 Å². The van der Waals surface area contributed by atoms with Gasteiger partial charge in [0.25, 0.3) is 5.91 Å². The van der Waals surface area contributed by atoms with Gasteiger partial charge in [0.15, 0.2) is 0 Å². The average Bonchev–Trinajstić information content (AvgIpc) is 3.06. The Morgan fingerprint density at radius 3 is 2.55 bits per heavy atom. The Hall–Kier alpha value is -3.80. The summed E-state index contributed by atoms with van der Waals surface area (Å²) in [6.07, 6.45) is 5.12. The van der Waals surface area contributed by atoms with Gasteiger partial charge in [0.2, 0.25) is 0 Å². The summed E-state index contributed by atoms with van der Waals surface area (Å²) in [6, 6.07) is 15.6. The molecule has 1 N–H and O–H groups in total. The van der Waals surface area contributed by atoms with Crippen LogP contribution < -0.4 is 5.43 Å². The molecule has 0 radical (unpaired) electrons. The minimum Gasteiger partial charge on any atom is -0.346 e. The number of carbonyl (C=O) groups excluding carboxylic acids is 1. The molecular formula is C25H25N5O. The Balaban J connectivity index is 1.65. The number of fused-ring (bicyclic) bond motifs is 1. The van der Waals surface area contributed by atoms with E-state index in [1.807, 2.05) is 36.4 Å². The molecule has 0 atom stereocenters. The molecule has 0 aliphatic rings. The van der Waals surface area contributed by atoms with Crippen LogP contribution in [0.3, 0.4) is 0 Å². The second kappa shape index (κ2) is 8.52. The maximum atomic E-state index is 13.0. The van der Waals surface area contributed by atoms with Crippen molar-refractivity contribution in [1.29, 1.82) is 0 Å². The summed E-state index contributed by atoms with van der Waals surface area (Å²) in [6.45, 7) is 8.44. The van der Waals surface area contributed by atoms with E-state index >= 15 is 0 Å². The van der Waals surface area contributed by atoms with Crippen molar-refractivity contribution < 1.29 is 4.79 Å². The fourth-order valence-electron chi connectivity index (χ4n) is 3.98. The molecule has 6 heteroatoms. The van der Waals surface area contributed by atoms with Crippen LogP contribution >= 0.6 is 0 Å². The predicted molar refractivity (Wildman–Crippen MR) is 124 cm³/mol. The zero-order valence-corrected chi connectivity index (χ0v) is 18.1. The van der Waals surface area contributed by atoms with Crippen LogP contribution in [0.15, 0.2) is 66.0 Å². The van der Waals surface area contributed by atoms with Crippen LogP contribution in [0.1, 0.15) is 47.2 Å². The van der Waals surface area contributed by atoms with Crippen molar-refractivity contribution in [2.45, 2.75) is 33.7 Å². The zero-order valence-electron chi connectivity index (χ0n) is 18.1. The molecule has 0 bridgehead atoms. The highest BCUT2D eigenvalue weighted by molar-refractivity contribution is 6.07. The van der Waals surface area contributed by atoms with E-state index in [1.54, 1.807) is 24.7 Å². The molecule has 0 saturated heterocycles. The lowest BCUT2D eigenvalue weighted by molar-refractivity contribution is 0.0956. The number of hydrogen-bond acceptors (Lipinski definition) is 4. The molecule has 156 valence electrons. The molecule has 0 fully saturated rings. The van der Waals surface area contributed by atoms with Crippen LogP contribution in [0.4, 0.5) is 0 Å². The monoisotopic (exact) mass is 411 g/mol. The summed E-state index contributed by atoms with van der Waals surface area (Å²) in [5.74, 6) is -0.275. The highest BCUT2D eigenvalue weighted by Gasteiger charge is 2.14. The normalized spacial score (nSPS) is 11.5. The van der Waals surface area contributed by atoms with E-state index in [-0.39, 0.29) is 5.91 Å². The molecule has 0 spiro atoms. The summed E-state index contributed by atoms with van der Waals surface area (Å²) in [7, 11) is 0. The number of aryl methyl sites for hydroxylation is 1. The van der Waals surface area contributed by atoms with Crippen molar-refractivity contribution >= 4 is 23.0 Å². The van der Waals surface area contributed by atoms with Gasteiger partial charge < -0.3 is 4.57 Å². The Morgan fingerprint density at radius 1 is 1.10 bits per heavy atom. The van der Waals surface area contributed by atoms with E-state index in [4.69, 9.17) is 4.98 Å². The molecule has 0 aliphatic carbocycles.